The summed E-state index contributed by atoms with van der Waals surface area (Å²) in [6.07, 6.45) is 7.72. The molecule has 0 amide bonds. The van der Waals surface area contributed by atoms with Crippen LogP contribution in [-0.2, 0) is 0 Å². The molecule has 3 aromatic rings. The number of allylic oxidation sites excluding steroid dienone is 2. The molecule has 1 N–H and O–H groups in total. The van der Waals surface area contributed by atoms with E-state index in [4.69, 9.17) is 14.5 Å². The predicted octanol–water partition coefficient (Wildman–Crippen LogP) is 7.58. The quantitative estimate of drug-likeness (QED) is 0.191. The van der Waals surface area contributed by atoms with Gasteiger partial charge < -0.3 is 14.8 Å². The molecule has 0 saturated heterocycles. The Morgan fingerprint density at radius 3 is 2.71 bits per heavy atom. The van der Waals surface area contributed by atoms with E-state index < -0.39 is 0 Å². The summed E-state index contributed by atoms with van der Waals surface area (Å²) in [4.78, 5) is 4.72. The van der Waals surface area contributed by atoms with E-state index in [2.05, 4.69) is 95.5 Å². The number of hydrogen-bond acceptors (Lipinski definition) is 4. The van der Waals surface area contributed by atoms with Crippen LogP contribution in [-0.4, -0.2) is 19.9 Å². The van der Waals surface area contributed by atoms with Gasteiger partial charge in [-0.15, -0.1) is 0 Å². The Morgan fingerprint density at radius 1 is 1.12 bits per heavy atom. The van der Waals surface area contributed by atoms with Gasteiger partial charge in [-0.05, 0) is 95.8 Å². The molecule has 0 radical (unpaired) electrons. The van der Waals surface area contributed by atoms with Crippen LogP contribution in [0.15, 0.2) is 71.7 Å². The average molecular weight is 564 g/mol. The fourth-order valence-corrected chi connectivity index (χ4v) is 5.93. The number of methoxy groups -OCH3 is 1. The summed E-state index contributed by atoms with van der Waals surface area (Å²) >= 11 is 2.27. The minimum atomic E-state index is 0.296. The Hall–Kier alpha value is -2.80. The van der Waals surface area contributed by atoms with E-state index in [0.29, 0.717) is 24.5 Å². The molecule has 174 valence electrons. The zero-order valence-electron chi connectivity index (χ0n) is 19.7. The van der Waals surface area contributed by atoms with Gasteiger partial charge in [-0.1, -0.05) is 42.0 Å². The lowest BCUT2D eigenvalue weighted by Gasteiger charge is -2.37. The molecule has 0 saturated carbocycles. The van der Waals surface area contributed by atoms with Crippen molar-refractivity contribution in [3.63, 3.8) is 0 Å². The highest BCUT2D eigenvalue weighted by Gasteiger charge is 2.37. The van der Waals surface area contributed by atoms with E-state index in [1.807, 2.05) is 19.2 Å². The van der Waals surface area contributed by atoms with E-state index in [0.717, 1.165) is 32.7 Å². The molecule has 1 aliphatic carbocycles. The van der Waals surface area contributed by atoms with Gasteiger partial charge in [-0.25, -0.2) is 0 Å². The molecule has 4 nitrogen and oxygen atoms in total. The van der Waals surface area contributed by atoms with E-state index in [1.165, 1.54) is 22.4 Å². The minimum Gasteiger partial charge on any atom is -0.492 e. The molecule has 1 aliphatic heterocycles. The summed E-state index contributed by atoms with van der Waals surface area (Å²) < 4.78 is 12.2. The number of fused-ring (bicyclic) bond motifs is 3. The molecular weight excluding hydrogens is 535 g/mol. The molecule has 1 heterocycles. The van der Waals surface area contributed by atoms with E-state index in [1.54, 1.807) is 7.11 Å². The molecule has 3 atom stereocenters. The van der Waals surface area contributed by atoms with Crippen molar-refractivity contribution in [2.75, 3.05) is 19.0 Å². The molecule has 0 bridgehead atoms. The highest BCUT2D eigenvalue weighted by Crippen LogP contribution is 2.50. The summed E-state index contributed by atoms with van der Waals surface area (Å²) in [5.74, 6) is 2.53. The van der Waals surface area contributed by atoms with Crippen molar-refractivity contribution >= 4 is 40.2 Å². The van der Waals surface area contributed by atoms with Crippen molar-refractivity contribution < 1.29 is 9.47 Å². The van der Waals surface area contributed by atoms with Crippen LogP contribution in [0.3, 0.4) is 0 Å². The third-order valence-electron chi connectivity index (χ3n) is 6.67. The van der Waals surface area contributed by atoms with Crippen molar-refractivity contribution in [2.45, 2.75) is 32.2 Å². The van der Waals surface area contributed by atoms with Gasteiger partial charge in [0.2, 0.25) is 0 Å². The standard InChI is InChI=1S/C29H29IN2O2/c1-4-34-27-16-19(15-25(30)29(27)33-3)17-31-21-11-9-20(10-12-21)28-23-7-5-6-22(23)24-14-18(2)8-13-26(24)32-28/h5-6,8-17,22-23,28,32H,4,7H2,1-3H3/t22-,23+,28-/m0/s1. The lowest BCUT2D eigenvalue weighted by Crippen LogP contribution is -2.29. The van der Waals surface area contributed by atoms with Crippen molar-refractivity contribution in [2.24, 2.45) is 10.9 Å². The third-order valence-corrected chi connectivity index (χ3v) is 7.47. The number of nitrogens with one attached hydrogen (secondary N) is 1. The van der Waals surface area contributed by atoms with Crippen LogP contribution < -0.4 is 14.8 Å². The van der Waals surface area contributed by atoms with Crippen LogP contribution >= 0.6 is 22.6 Å². The Bertz CT molecular complexity index is 1250. The SMILES string of the molecule is CCOc1cc(C=Nc2ccc([C@@H]3Nc4ccc(C)cc4[C@H]4C=CC[C@H]43)cc2)cc(I)c1OC. The largest absolute Gasteiger partial charge is 0.492 e. The zero-order valence-corrected chi connectivity index (χ0v) is 21.9. The predicted molar refractivity (Wildman–Crippen MR) is 148 cm³/mol. The fraction of sp³-hybridized carbons (Fsp3) is 0.276. The number of anilines is 1. The second-order valence-electron chi connectivity index (χ2n) is 8.88. The van der Waals surface area contributed by atoms with Crippen LogP contribution in [0.1, 0.15) is 47.6 Å². The highest BCUT2D eigenvalue weighted by molar-refractivity contribution is 14.1. The van der Waals surface area contributed by atoms with Crippen LogP contribution in [0.2, 0.25) is 0 Å². The van der Waals surface area contributed by atoms with Crippen LogP contribution in [0.5, 0.6) is 11.5 Å². The fourth-order valence-electron chi connectivity index (χ4n) is 5.08. The van der Waals surface area contributed by atoms with E-state index in [-0.39, 0.29) is 0 Å². The first-order valence-electron chi connectivity index (χ1n) is 11.8. The summed E-state index contributed by atoms with van der Waals surface area (Å²) in [6.45, 7) is 4.73. The lowest BCUT2D eigenvalue weighted by molar-refractivity contribution is 0.309. The van der Waals surface area contributed by atoms with Gasteiger partial charge >= 0.3 is 0 Å². The summed E-state index contributed by atoms with van der Waals surface area (Å²) in [5, 5.41) is 3.82. The van der Waals surface area contributed by atoms with Crippen molar-refractivity contribution in [3.05, 3.63) is 92.6 Å². The first-order chi connectivity index (χ1) is 16.6. The topological polar surface area (TPSA) is 42.8 Å². The van der Waals surface area contributed by atoms with Crippen molar-refractivity contribution in [3.8, 4) is 11.5 Å². The second-order valence-corrected chi connectivity index (χ2v) is 10.0. The number of aliphatic imine (C=N–C) groups is 1. The Balaban J connectivity index is 1.36. The summed E-state index contributed by atoms with van der Waals surface area (Å²) in [7, 11) is 1.67. The molecule has 34 heavy (non-hydrogen) atoms. The van der Waals surface area contributed by atoms with Gasteiger partial charge in [0.25, 0.3) is 0 Å². The molecule has 2 aliphatic rings. The number of hydrogen-bond donors (Lipinski definition) is 1. The Kier molecular flexibility index (Phi) is 6.63. The molecule has 0 spiro atoms. The molecule has 5 heteroatoms. The maximum absolute atomic E-state index is 5.75. The highest BCUT2D eigenvalue weighted by atomic mass is 127. The van der Waals surface area contributed by atoms with Gasteiger partial charge in [0.15, 0.2) is 11.5 Å². The van der Waals surface area contributed by atoms with Crippen molar-refractivity contribution in [1.82, 2.24) is 0 Å². The molecule has 0 unspecified atom stereocenters. The van der Waals surface area contributed by atoms with Gasteiger partial charge in [0, 0.05) is 17.8 Å². The van der Waals surface area contributed by atoms with Crippen LogP contribution in [0.25, 0.3) is 0 Å². The van der Waals surface area contributed by atoms with Crippen LogP contribution in [0, 0.1) is 16.4 Å². The first-order valence-corrected chi connectivity index (χ1v) is 12.8. The number of halogens is 1. The maximum Gasteiger partial charge on any atom is 0.174 e. The number of rotatable bonds is 6. The third kappa shape index (κ3) is 4.45. The Labute approximate surface area is 215 Å². The summed E-state index contributed by atoms with van der Waals surface area (Å²) in [6, 6.07) is 19.7. The molecular formula is C29H29IN2O2. The van der Waals surface area contributed by atoms with E-state index >= 15 is 0 Å². The number of aryl methyl sites for hydroxylation is 1. The molecule has 0 aromatic heterocycles. The Morgan fingerprint density at radius 2 is 1.94 bits per heavy atom. The normalized spacial score (nSPS) is 20.6. The summed E-state index contributed by atoms with van der Waals surface area (Å²) in [5.41, 5.74) is 7.22. The number of ether oxygens (including phenoxy) is 2. The minimum absolute atomic E-state index is 0.296. The monoisotopic (exact) mass is 564 g/mol. The molecule has 3 aromatic carbocycles. The van der Waals surface area contributed by atoms with Gasteiger partial charge in [0.05, 0.1) is 29.0 Å². The first kappa shape index (κ1) is 23.0. The number of benzene rings is 3. The van der Waals surface area contributed by atoms with E-state index in [9.17, 15) is 0 Å². The van der Waals surface area contributed by atoms with Gasteiger partial charge in [-0.2, -0.15) is 0 Å². The van der Waals surface area contributed by atoms with Gasteiger partial charge in [0.1, 0.15) is 0 Å². The second kappa shape index (κ2) is 9.82. The average Bonchev–Trinajstić information content (AvgIpc) is 3.33. The zero-order chi connectivity index (χ0) is 23.7. The molecule has 5 rings (SSSR count). The van der Waals surface area contributed by atoms with Crippen LogP contribution in [0.4, 0.5) is 11.4 Å². The van der Waals surface area contributed by atoms with Gasteiger partial charge in [-0.3, -0.25) is 4.99 Å². The maximum atomic E-state index is 5.75. The molecule has 0 fully saturated rings. The lowest BCUT2D eigenvalue weighted by atomic mass is 9.76. The smallest absolute Gasteiger partial charge is 0.174 e. The van der Waals surface area contributed by atoms with Crippen molar-refractivity contribution in [1.29, 1.82) is 0 Å². The number of nitrogens with zero attached hydrogens (tertiary/aromatic N) is 1.